The van der Waals surface area contributed by atoms with Crippen LogP contribution in [0.2, 0.25) is 0 Å². The zero-order valence-electron chi connectivity index (χ0n) is 26.9. The highest BCUT2D eigenvalue weighted by atomic mass is 32.2. The van der Waals surface area contributed by atoms with Crippen LogP contribution in [0, 0.1) is 0 Å². The predicted molar refractivity (Wildman–Crippen MR) is 178 cm³/mol. The summed E-state index contributed by atoms with van der Waals surface area (Å²) in [7, 11) is -8.86. The highest BCUT2D eigenvalue weighted by Crippen LogP contribution is 2.47. The molecule has 3 aliphatic heterocycles. The second-order valence-corrected chi connectivity index (χ2v) is 16.2. The first-order valence-electron chi connectivity index (χ1n) is 15.2. The van der Waals surface area contributed by atoms with Crippen LogP contribution in [0.25, 0.3) is 11.1 Å². The lowest BCUT2D eigenvalue weighted by Gasteiger charge is -2.44. The summed E-state index contributed by atoms with van der Waals surface area (Å²) >= 11 is 0. The van der Waals surface area contributed by atoms with Crippen molar-refractivity contribution < 1.29 is 50.5 Å². The lowest BCUT2D eigenvalue weighted by Crippen LogP contribution is -2.50. The molecule has 0 radical (unpaired) electrons. The molecular weight excluding hydrogens is 666 g/mol. The van der Waals surface area contributed by atoms with Gasteiger partial charge in [0.15, 0.2) is 17.0 Å². The van der Waals surface area contributed by atoms with Crippen molar-refractivity contribution in [2.75, 3.05) is 29.5 Å². The third-order valence-electron chi connectivity index (χ3n) is 8.56. The van der Waals surface area contributed by atoms with Gasteiger partial charge < -0.3 is 19.8 Å². The molecule has 0 spiro atoms. The van der Waals surface area contributed by atoms with Gasteiger partial charge >= 0.3 is 11.9 Å². The van der Waals surface area contributed by atoms with E-state index >= 15 is 0 Å². The Kier molecular flexibility index (Phi) is 9.09. The monoisotopic (exact) mass is 704 g/mol. The van der Waals surface area contributed by atoms with Gasteiger partial charge in [0.2, 0.25) is 5.36 Å². The Bertz CT molecular complexity index is 2130. The molecular formula is C32H38N3O11S2+. The molecule has 2 aromatic carbocycles. The van der Waals surface area contributed by atoms with E-state index in [4.69, 9.17) is 9.73 Å². The summed E-state index contributed by atoms with van der Waals surface area (Å²) in [5.74, 6) is -2.56. The van der Waals surface area contributed by atoms with Crippen molar-refractivity contribution in [3.05, 3.63) is 58.3 Å². The van der Waals surface area contributed by atoms with Crippen LogP contribution in [0.1, 0.15) is 64.5 Å². The van der Waals surface area contributed by atoms with E-state index in [1.54, 1.807) is 36.4 Å². The van der Waals surface area contributed by atoms with Crippen LogP contribution in [0.15, 0.2) is 41.4 Å². The van der Waals surface area contributed by atoms with Gasteiger partial charge in [-0.05, 0) is 49.6 Å². The van der Waals surface area contributed by atoms with Crippen molar-refractivity contribution in [3.8, 4) is 11.5 Å². The van der Waals surface area contributed by atoms with Crippen LogP contribution in [-0.2, 0) is 29.8 Å². The lowest BCUT2D eigenvalue weighted by molar-refractivity contribution is -0.138. The highest BCUT2D eigenvalue weighted by molar-refractivity contribution is 7.86. The predicted octanol–water partition coefficient (Wildman–Crippen LogP) is 2.90. The number of hydrogen-bond donors (Lipinski definition) is 4. The summed E-state index contributed by atoms with van der Waals surface area (Å²) in [4.78, 5) is 29.3. The number of rotatable bonds is 12. The molecule has 2 aromatic rings. The van der Waals surface area contributed by atoms with E-state index < -0.39 is 54.8 Å². The Morgan fingerprint density at radius 2 is 1.44 bits per heavy atom. The lowest BCUT2D eigenvalue weighted by atomic mass is 9.88. The quantitative estimate of drug-likeness (QED) is 0.158. The molecule has 5 rings (SSSR count). The zero-order valence-corrected chi connectivity index (χ0v) is 28.6. The summed E-state index contributed by atoms with van der Waals surface area (Å²) in [5, 5.41) is 19.4. The molecule has 0 aliphatic carbocycles. The second-order valence-electron chi connectivity index (χ2n) is 13.3. The fraction of sp³-hybridized carbons (Fsp3) is 0.438. The molecule has 4 N–H and O–H groups in total. The average Bonchev–Trinajstić information content (AvgIpc) is 2.91. The maximum absolute atomic E-state index is 12.0. The summed E-state index contributed by atoms with van der Waals surface area (Å²) in [6.45, 7) is 8.06. The first-order valence-corrected chi connectivity index (χ1v) is 18.4. The Hall–Kier alpha value is -4.12. The van der Waals surface area contributed by atoms with Gasteiger partial charge in [0.1, 0.15) is 29.1 Å². The van der Waals surface area contributed by atoms with Crippen molar-refractivity contribution in [3.63, 3.8) is 0 Å². The van der Waals surface area contributed by atoms with Gasteiger partial charge in [-0.3, -0.25) is 18.7 Å². The first kappa shape index (κ1) is 35.2. The van der Waals surface area contributed by atoms with E-state index in [2.05, 4.69) is 0 Å². The number of aliphatic carboxylic acids is 2. The van der Waals surface area contributed by atoms with E-state index in [9.17, 15) is 45.7 Å². The maximum atomic E-state index is 12.0. The topological polar surface area (TPSA) is 211 Å². The minimum atomic E-state index is -4.43. The normalized spacial score (nSPS) is 17.5. The molecule has 258 valence electrons. The number of hydrogen-bond acceptors (Lipinski definition) is 9. The molecule has 48 heavy (non-hydrogen) atoms. The van der Waals surface area contributed by atoms with E-state index in [-0.39, 0.29) is 12.8 Å². The Balaban J connectivity index is 1.70. The number of fused-ring (bicyclic) bond motifs is 4. The number of carbonyl (C=O) groups is 2. The fourth-order valence-corrected chi connectivity index (χ4v) is 7.94. The van der Waals surface area contributed by atoms with E-state index in [1.165, 1.54) is 0 Å². The van der Waals surface area contributed by atoms with Gasteiger partial charge in [0.25, 0.3) is 20.2 Å². The van der Waals surface area contributed by atoms with Gasteiger partial charge in [-0.25, -0.2) is 9.57 Å². The molecule has 0 saturated heterocycles. The standard InChI is InChI=1S/C32H37N3O11S2/c1-31(2)15-19(17-47(40,41)42)21-11-23-27(13-25(21)34(31)9-5-7-29(36)37)46-28-14-26-22(12-24(28)33-23)20(18-48(43,44)45)16-32(3,4)35(26)10-6-8-30(38)39/h11-16H,5-10,17-18H2,1-4H3,(H3-,36,37,38,39,40,41,42,43,44,45)/p+1. The minimum absolute atomic E-state index is 0.0773. The molecule has 0 amide bonds. The number of carboxylic acids is 2. The van der Waals surface area contributed by atoms with E-state index in [0.717, 1.165) is 0 Å². The number of anilines is 1. The van der Waals surface area contributed by atoms with Crippen LogP contribution in [0.3, 0.4) is 0 Å². The van der Waals surface area contributed by atoms with Crippen LogP contribution >= 0.6 is 0 Å². The minimum Gasteiger partial charge on any atom is -0.481 e. The molecule has 3 heterocycles. The smallest absolute Gasteiger partial charge is 0.303 e. The van der Waals surface area contributed by atoms with Crippen molar-refractivity contribution in [2.24, 2.45) is 4.99 Å². The summed E-state index contributed by atoms with van der Waals surface area (Å²) in [5.41, 5.74) is 0.971. The van der Waals surface area contributed by atoms with Crippen LogP contribution in [-0.4, -0.2) is 83.8 Å². The van der Waals surface area contributed by atoms with Gasteiger partial charge in [-0.1, -0.05) is 6.08 Å². The molecule has 0 bridgehead atoms. The Morgan fingerprint density at radius 1 is 0.833 bits per heavy atom. The molecule has 16 heteroatoms. The van der Waals surface area contributed by atoms with Gasteiger partial charge in [0.05, 0.1) is 23.6 Å². The number of nitrogens with zero attached hydrogens (tertiary/aromatic N) is 3. The number of carboxylic acid groups (broad SMARTS) is 2. The molecule has 14 nitrogen and oxygen atoms in total. The average molecular weight is 705 g/mol. The molecule has 0 fully saturated rings. The van der Waals surface area contributed by atoms with Gasteiger partial charge in [-0.15, -0.1) is 0 Å². The van der Waals surface area contributed by atoms with Crippen molar-refractivity contribution in [2.45, 2.75) is 64.5 Å². The molecule has 0 saturated carbocycles. The van der Waals surface area contributed by atoms with Crippen molar-refractivity contribution >= 4 is 54.7 Å². The van der Waals surface area contributed by atoms with Crippen molar-refractivity contribution in [1.82, 2.24) is 4.58 Å². The SMILES string of the molecule is CC1(C)C=C(CS(=O)(=O)O)c2cc3c(cc2N1CCCC(=O)O)Oc1cc2c(cc1=N3)C(CS(=O)(=O)O)=CC(C)(C)[N+]=2CCCC(=O)O. The van der Waals surface area contributed by atoms with Crippen molar-refractivity contribution in [1.29, 1.82) is 0 Å². The molecule has 0 unspecified atom stereocenters. The van der Waals surface area contributed by atoms with Crippen LogP contribution in [0.4, 0.5) is 11.4 Å². The van der Waals surface area contributed by atoms with Crippen LogP contribution in [0.5, 0.6) is 11.5 Å². The highest BCUT2D eigenvalue weighted by Gasteiger charge is 2.38. The zero-order chi connectivity index (χ0) is 35.4. The summed E-state index contributed by atoms with van der Waals surface area (Å²) in [6, 6.07) is 6.68. The van der Waals surface area contributed by atoms with Gasteiger partial charge in [-0.2, -0.15) is 16.8 Å². The van der Waals surface area contributed by atoms with E-state index in [0.29, 0.717) is 81.8 Å². The summed E-state index contributed by atoms with van der Waals surface area (Å²) in [6.07, 6.45) is 3.90. The third kappa shape index (κ3) is 7.61. The second kappa shape index (κ2) is 12.4. The Morgan fingerprint density at radius 3 is 2.04 bits per heavy atom. The van der Waals surface area contributed by atoms with E-state index in [1.807, 2.05) is 37.2 Å². The number of benzene rings is 2. The molecule has 3 aliphatic rings. The molecule has 0 aromatic heterocycles. The van der Waals surface area contributed by atoms with Gasteiger partial charge in [0, 0.05) is 50.6 Å². The summed E-state index contributed by atoms with van der Waals surface area (Å²) < 4.78 is 76.0. The third-order valence-corrected chi connectivity index (χ3v) is 9.91. The molecule has 0 atom stereocenters. The largest absolute Gasteiger partial charge is 0.481 e. The first-order chi connectivity index (χ1) is 22.1. The maximum Gasteiger partial charge on any atom is 0.303 e. The Labute approximate surface area is 277 Å². The fourth-order valence-electron chi connectivity index (χ4n) is 6.67. The van der Waals surface area contributed by atoms with Crippen LogP contribution < -0.4 is 24.9 Å². The number of ether oxygens (including phenoxy) is 1.